The van der Waals surface area contributed by atoms with E-state index in [-0.39, 0.29) is 5.91 Å². The van der Waals surface area contributed by atoms with Gasteiger partial charge in [-0.05, 0) is 56.2 Å². The molecule has 0 atom stereocenters. The van der Waals surface area contributed by atoms with Crippen molar-refractivity contribution in [3.63, 3.8) is 0 Å². The van der Waals surface area contributed by atoms with Crippen LogP contribution in [-0.4, -0.2) is 22.5 Å². The Bertz CT molecular complexity index is 894. The van der Waals surface area contributed by atoms with Crippen LogP contribution in [0.5, 0.6) is 5.75 Å². The third-order valence-electron chi connectivity index (χ3n) is 3.92. The summed E-state index contributed by atoms with van der Waals surface area (Å²) in [5.74, 6) is 2.03. The zero-order valence-electron chi connectivity index (χ0n) is 14.7. The number of hydrogen-bond donors (Lipinski definition) is 2. The molecule has 6 heteroatoms. The van der Waals surface area contributed by atoms with Crippen molar-refractivity contribution in [1.29, 1.82) is 0 Å². The van der Waals surface area contributed by atoms with Gasteiger partial charge in [-0.15, -0.1) is 0 Å². The van der Waals surface area contributed by atoms with Gasteiger partial charge in [0, 0.05) is 17.5 Å². The molecule has 0 aliphatic heterocycles. The Labute approximate surface area is 152 Å². The molecule has 0 saturated carbocycles. The van der Waals surface area contributed by atoms with Crippen molar-refractivity contribution in [2.24, 2.45) is 5.73 Å². The average molecular weight is 350 g/mol. The van der Waals surface area contributed by atoms with Gasteiger partial charge in [-0.25, -0.2) is 9.97 Å². The second kappa shape index (κ2) is 8.29. The van der Waals surface area contributed by atoms with Gasteiger partial charge < -0.3 is 15.8 Å². The number of hydrogen-bond acceptors (Lipinski definition) is 5. The van der Waals surface area contributed by atoms with Crippen molar-refractivity contribution < 1.29 is 9.53 Å². The highest BCUT2D eigenvalue weighted by atomic mass is 16.5. The number of aromatic nitrogens is 2. The Balaban J connectivity index is 1.62. The number of primary amides is 1. The zero-order chi connectivity index (χ0) is 18.4. The van der Waals surface area contributed by atoms with Crippen LogP contribution in [0.1, 0.15) is 25.1 Å². The number of rotatable bonds is 8. The highest BCUT2D eigenvalue weighted by Gasteiger charge is 2.06. The summed E-state index contributed by atoms with van der Waals surface area (Å²) in [6.45, 7) is 2.45. The Hall–Kier alpha value is -3.15. The summed E-state index contributed by atoms with van der Waals surface area (Å²) in [6.07, 6.45) is 1.95. The third-order valence-corrected chi connectivity index (χ3v) is 3.92. The van der Waals surface area contributed by atoms with Crippen molar-refractivity contribution in [3.05, 3.63) is 54.4 Å². The first-order valence-electron chi connectivity index (χ1n) is 8.63. The first-order chi connectivity index (χ1) is 12.6. The average Bonchev–Trinajstić information content (AvgIpc) is 2.62. The summed E-state index contributed by atoms with van der Waals surface area (Å²) >= 11 is 0. The molecule has 26 heavy (non-hydrogen) atoms. The van der Waals surface area contributed by atoms with Gasteiger partial charge in [0.05, 0.1) is 12.1 Å². The molecule has 0 fully saturated rings. The summed E-state index contributed by atoms with van der Waals surface area (Å²) in [4.78, 5) is 19.7. The molecular weight excluding hydrogens is 328 g/mol. The lowest BCUT2D eigenvalue weighted by atomic mass is 10.2. The smallest absolute Gasteiger partial charge is 0.217 e. The van der Waals surface area contributed by atoms with Crippen molar-refractivity contribution in [2.45, 2.75) is 26.2 Å². The summed E-state index contributed by atoms with van der Waals surface area (Å²) in [6, 6.07) is 15.6. The summed E-state index contributed by atoms with van der Waals surface area (Å²) in [7, 11) is 0. The van der Waals surface area contributed by atoms with E-state index in [2.05, 4.69) is 15.3 Å². The maximum Gasteiger partial charge on any atom is 0.217 e. The van der Waals surface area contributed by atoms with Gasteiger partial charge in [0.25, 0.3) is 0 Å². The van der Waals surface area contributed by atoms with E-state index in [9.17, 15) is 4.79 Å². The molecule has 0 aliphatic rings. The largest absolute Gasteiger partial charge is 0.494 e. The minimum atomic E-state index is -0.270. The van der Waals surface area contributed by atoms with Crippen LogP contribution in [0.4, 0.5) is 11.5 Å². The van der Waals surface area contributed by atoms with Gasteiger partial charge in [-0.2, -0.15) is 0 Å². The van der Waals surface area contributed by atoms with Crippen LogP contribution in [0.2, 0.25) is 0 Å². The van der Waals surface area contributed by atoms with Crippen LogP contribution in [0, 0.1) is 6.92 Å². The van der Waals surface area contributed by atoms with E-state index in [4.69, 9.17) is 10.5 Å². The molecule has 6 nitrogen and oxygen atoms in total. The number of anilines is 2. The van der Waals surface area contributed by atoms with Crippen LogP contribution in [-0.2, 0) is 4.79 Å². The van der Waals surface area contributed by atoms with E-state index in [0.717, 1.165) is 46.8 Å². The predicted molar refractivity (Wildman–Crippen MR) is 103 cm³/mol. The van der Waals surface area contributed by atoms with E-state index in [1.165, 1.54) is 0 Å². The number of nitrogens with zero attached hydrogens (tertiary/aromatic N) is 2. The first kappa shape index (κ1) is 17.7. The number of nitrogens with one attached hydrogen (secondary N) is 1. The van der Waals surface area contributed by atoms with E-state index in [1.54, 1.807) is 0 Å². The number of amides is 1. The molecule has 2 aromatic carbocycles. The fraction of sp³-hybridized carbons (Fsp3) is 0.250. The van der Waals surface area contributed by atoms with Crippen LogP contribution in [0.25, 0.3) is 10.9 Å². The van der Waals surface area contributed by atoms with Crippen LogP contribution in [0.3, 0.4) is 0 Å². The lowest BCUT2D eigenvalue weighted by Crippen LogP contribution is -2.10. The van der Waals surface area contributed by atoms with Gasteiger partial charge in [0.2, 0.25) is 5.91 Å². The molecule has 0 aliphatic carbocycles. The summed E-state index contributed by atoms with van der Waals surface area (Å²) < 4.78 is 5.68. The standard InChI is InChI=1S/C20H22N4O2/c1-14-22-18-7-3-2-6-17(18)20(23-14)24-15-9-11-16(12-10-15)26-13-5-4-8-19(21)25/h2-3,6-7,9-12H,4-5,8,13H2,1H3,(H2,21,25)(H,22,23,24). The highest BCUT2D eigenvalue weighted by Crippen LogP contribution is 2.25. The molecule has 1 heterocycles. The van der Waals surface area contributed by atoms with E-state index < -0.39 is 0 Å². The first-order valence-corrected chi connectivity index (χ1v) is 8.63. The van der Waals surface area contributed by atoms with Crippen molar-refractivity contribution in [3.8, 4) is 5.75 Å². The van der Waals surface area contributed by atoms with Gasteiger partial charge in [0.15, 0.2) is 0 Å². The molecule has 0 unspecified atom stereocenters. The monoisotopic (exact) mass is 350 g/mol. The normalized spacial score (nSPS) is 10.7. The van der Waals surface area contributed by atoms with Crippen molar-refractivity contribution in [2.75, 3.05) is 11.9 Å². The topological polar surface area (TPSA) is 90.1 Å². The molecule has 0 radical (unpaired) electrons. The van der Waals surface area contributed by atoms with E-state index >= 15 is 0 Å². The molecule has 0 spiro atoms. The minimum absolute atomic E-state index is 0.270. The molecule has 0 saturated heterocycles. The van der Waals surface area contributed by atoms with E-state index in [0.29, 0.717) is 13.0 Å². The zero-order valence-corrected chi connectivity index (χ0v) is 14.7. The maximum absolute atomic E-state index is 10.7. The number of benzene rings is 2. The number of aryl methyl sites for hydroxylation is 1. The molecule has 3 aromatic rings. The molecule has 134 valence electrons. The molecule has 1 amide bonds. The molecule has 0 bridgehead atoms. The summed E-state index contributed by atoms with van der Waals surface area (Å²) in [5.41, 5.74) is 6.95. The SMILES string of the molecule is Cc1nc(Nc2ccc(OCCCCC(N)=O)cc2)c2ccccc2n1. The number of nitrogens with two attached hydrogens (primary N) is 1. The fourth-order valence-electron chi connectivity index (χ4n) is 2.65. The number of ether oxygens (including phenoxy) is 1. The van der Waals surface area contributed by atoms with Crippen LogP contribution >= 0.6 is 0 Å². The highest BCUT2D eigenvalue weighted by molar-refractivity contribution is 5.90. The van der Waals surface area contributed by atoms with Gasteiger partial charge in [-0.1, -0.05) is 12.1 Å². The Morgan fingerprint density at radius 1 is 1.08 bits per heavy atom. The molecule has 1 aromatic heterocycles. The maximum atomic E-state index is 10.7. The molecule has 3 rings (SSSR count). The number of fused-ring (bicyclic) bond motifs is 1. The number of para-hydroxylation sites is 1. The van der Waals surface area contributed by atoms with Crippen LogP contribution in [0.15, 0.2) is 48.5 Å². The minimum Gasteiger partial charge on any atom is -0.494 e. The lowest BCUT2D eigenvalue weighted by Gasteiger charge is -2.11. The third kappa shape index (κ3) is 4.69. The van der Waals surface area contributed by atoms with Gasteiger partial charge in [-0.3, -0.25) is 4.79 Å². The quantitative estimate of drug-likeness (QED) is 0.604. The van der Waals surface area contributed by atoms with Crippen molar-refractivity contribution in [1.82, 2.24) is 9.97 Å². The lowest BCUT2D eigenvalue weighted by molar-refractivity contribution is -0.118. The fourth-order valence-corrected chi connectivity index (χ4v) is 2.65. The number of carbonyl (C=O) groups is 1. The Morgan fingerprint density at radius 2 is 1.85 bits per heavy atom. The Kier molecular flexibility index (Phi) is 5.63. The van der Waals surface area contributed by atoms with Gasteiger partial charge >= 0.3 is 0 Å². The van der Waals surface area contributed by atoms with E-state index in [1.807, 2.05) is 55.5 Å². The Morgan fingerprint density at radius 3 is 2.62 bits per heavy atom. The summed E-state index contributed by atoms with van der Waals surface area (Å²) in [5, 5.41) is 4.33. The molecule has 3 N–H and O–H groups in total. The molecular formula is C20H22N4O2. The van der Waals surface area contributed by atoms with Gasteiger partial charge in [0.1, 0.15) is 17.4 Å². The second-order valence-electron chi connectivity index (χ2n) is 6.06. The van der Waals surface area contributed by atoms with Crippen molar-refractivity contribution >= 4 is 28.3 Å². The number of carbonyl (C=O) groups excluding carboxylic acids is 1. The second-order valence-corrected chi connectivity index (χ2v) is 6.06. The predicted octanol–water partition coefficient (Wildman–Crippen LogP) is 3.72. The van der Waals surface area contributed by atoms with Crippen LogP contribution < -0.4 is 15.8 Å². The number of unbranched alkanes of at least 4 members (excludes halogenated alkanes) is 1.